The molecule has 0 spiro atoms. The lowest BCUT2D eigenvalue weighted by Gasteiger charge is -2.29. The zero-order valence-electron chi connectivity index (χ0n) is 18.1. The van der Waals surface area contributed by atoms with Crippen LogP contribution in [0.3, 0.4) is 0 Å². The van der Waals surface area contributed by atoms with Crippen molar-refractivity contribution < 1.29 is 18.7 Å². The third-order valence-corrected chi connectivity index (χ3v) is 5.79. The average Bonchev–Trinajstić information content (AvgIpc) is 3.44. The molecule has 6 heteroatoms. The Morgan fingerprint density at radius 3 is 2.70 bits per heavy atom. The Labute approximate surface area is 178 Å². The molecule has 0 saturated carbocycles. The summed E-state index contributed by atoms with van der Waals surface area (Å²) in [6, 6.07) is 8.78. The van der Waals surface area contributed by atoms with Gasteiger partial charge >= 0.3 is 0 Å². The SMILES string of the molecule is C=C.CC(C)C[C@H](NC(=O)c1cc2ccccc2o1)C(=O)N1CC(C)C2OCC[C@H]21. The van der Waals surface area contributed by atoms with E-state index in [0.29, 0.717) is 31.1 Å². The second-order valence-electron chi connectivity index (χ2n) is 8.46. The van der Waals surface area contributed by atoms with Gasteiger partial charge in [-0.1, -0.05) is 39.0 Å². The Morgan fingerprint density at radius 1 is 1.27 bits per heavy atom. The lowest BCUT2D eigenvalue weighted by molar-refractivity contribution is -0.134. The van der Waals surface area contributed by atoms with Gasteiger partial charge < -0.3 is 19.4 Å². The van der Waals surface area contributed by atoms with Crippen molar-refractivity contribution in [1.29, 1.82) is 0 Å². The first kappa shape index (κ1) is 22.1. The van der Waals surface area contributed by atoms with Gasteiger partial charge in [-0.3, -0.25) is 9.59 Å². The third-order valence-electron chi connectivity index (χ3n) is 5.79. The summed E-state index contributed by atoms with van der Waals surface area (Å²) in [6.07, 6.45) is 1.58. The summed E-state index contributed by atoms with van der Waals surface area (Å²) in [6.45, 7) is 13.6. The predicted molar refractivity (Wildman–Crippen MR) is 117 cm³/mol. The average molecular weight is 413 g/mol. The summed E-state index contributed by atoms with van der Waals surface area (Å²) in [4.78, 5) is 28.1. The van der Waals surface area contributed by atoms with Crippen molar-refractivity contribution in [3.8, 4) is 0 Å². The number of benzene rings is 1. The van der Waals surface area contributed by atoms with Crippen LogP contribution < -0.4 is 5.32 Å². The lowest BCUT2D eigenvalue weighted by Crippen LogP contribution is -2.51. The van der Waals surface area contributed by atoms with E-state index in [-0.39, 0.29) is 35.6 Å². The maximum absolute atomic E-state index is 13.3. The van der Waals surface area contributed by atoms with Crippen molar-refractivity contribution in [2.24, 2.45) is 11.8 Å². The molecule has 2 aliphatic heterocycles. The van der Waals surface area contributed by atoms with Gasteiger partial charge in [0.25, 0.3) is 5.91 Å². The molecular weight excluding hydrogens is 380 g/mol. The van der Waals surface area contributed by atoms with E-state index in [9.17, 15) is 9.59 Å². The quantitative estimate of drug-likeness (QED) is 0.753. The van der Waals surface area contributed by atoms with E-state index in [2.05, 4.69) is 39.2 Å². The van der Waals surface area contributed by atoms with E-state index in [0.717, 1.165) is 11.8 Å². The van der Waals surface area contributed by atoms with Gasteiger partial charge in [-0.05, 0) is 30.9 Å². The first-order chi connectivity index (χ1) is 14.4. The summed E-state index contributed by atoms with van der Waals surface area (Å²) in [5, 5.41) is 3.81. The van der Waals surface area contributed by atoms with Gasteiger partial charge in [0.1, 0.15) is 11.6 Å². The van der Waals surface area contributed by atoms with Crippen LogP contribution in [0.2, 0.25) is 0 Å². The normalized spacial score (nSPS) is 23.7. The lowest BCUT2D eigenvalue weighted by atomic mass is 10.0. The first-order valence-electron chi connectivity index (χ1n) is 10.7. The Morgan fingerprint density at radius 2 is 2.00 bits per heavy atom. The van der Waals surface area contributed by atoms with E-state index in [1.54, 1.807) is 6.07 Å². The highest BCUT2D eigenvalue weighted by molar-refractivity contribution is 5.98. The standard InChI is InChI=1S/C22H28N2O4.C2H4/c1-13(2)10-16(22(26)24-12-14(3)20-17(24)8-9-27-20)23-21(25)19-11-15-6-4-5-7-18(15)28-19;1-2/h4-7,11,13-14,16-17,20H,8-10,12H2,1-3H3,(H,23,25);1-2H2/t14?,16-,17+,20?;/m0./s1. The molecule has 2 saturated heterocycles. The maximum atomic E-state index is 13.3. The molecular formula is C24H32N2O4. The van der Waals surface area contributed by atoms with Crippen molar-refractivity contribution in [3.63, 3.8) is 0 Å². The van der Waals surface area contributed by atoms with Crippen molar-refractivity contribution in [2.45, 2.75) is 51.8 Å². The molecule has 2 aliphatic rings. The van der Waals surface area contributed by atoms with Gasteiger partial charge in [0.2, 0.25) is 5.91 Å². The van der Waals surface area contributed by atoms with E-state index in [1.807, 2.05) is 29.2 Å². The molecule has 6 nitrogen and oxygen atoms in total. The number of likely N-dealkylation sites (tertiary alicyclic amines) is 1. The Bertz CT molecular complexity index is 857. The molecule has 1 aromatic heterocycles. The van der Waals surface area contributed by atoms with Crippen molar-refractivity contribution >= 4 is 22.8 Å². The number of hydrogen-bond donors (Lipinski definition) is 1. The zero-order chi connectivity index (χ0) is 21.8. The molecule has 0 bridgehead atoms. The number of carbonyl (C=O) groups is 2. The van der Waals surface area contributed by atoms with Crippen molar-refractivity contribution in [3.05, 3.63) is 49.2 Å². The van der Waals surface area contributed by atoms with Gasteiger partial charge in [-0.2, -0.15) is 0 Å². The van der Waals surface area contributed by atoms with E-state index in [4.69, 9.17) is 9.15 Å². The number of nitrogens with one attached hydrogen (secondary N) is 1. The molecule has 0 aliphatic carbocycles. The van der Waals surface area contributed by atoms with E-state index < -0.39 is 6.04 Å². The minimum atomic E-state index is -0.563. The maximum Gasteiger partial charge on any atom is 0.287 e. The number of rotatable bonds is 5. The Hall–Kier alpha value is -2.60. The molecule has 2 unspecified atom stereocenters. The highest BCUT2D eigenvalue weighted by Crippen LogP contribution is 2.34. The van der Waals surface area contributed by atoms with Gasteiger partial charge in [0.15, 0.2) is 5.76 Å². The number of ether oxygens (including phenoxy) is 1. The summed E-state index contributed by atoms with van der Waals surface area (Å²) >= 11 is 0. The van der Waals surface area contributed by atoms with Crippen LogP contribution in [-0.4, -0.2) is 48.1 Å². The minimum absolute atomic E-state index is 0.0111. The molecule has 1 aromatic carbocycles. The predicted octanol–water partition coefficient (Wildman–Crippen LogP) is 4.02. The highest BCUT2D eigenvalue weighted by Gasteiger charge is 2.47. The molecule has 2 amide bonds. The topological polar surface area (TPSA) is 71.8 Å². The van der Waals surface area contributed by atoms with Gasteiger partial charge in [-0.15, -0.1) is 13.2 Å². The fourth-order valence-electron chi connectivity index (χ4n) is 4.50. The van der Waals surface area contributed by atoms with Gasteiger partial charge in [0.05, 0.1) is 12.1 Å². The Balaban J connectivity index is 0.00000124. The minimum Gasteiger partial charge on any atom is -0.451 e. The van der Waals surface area contributed by atoms with E-state index >= 15 is 0 Å². The third kappa shape index (κ3) is 4.43. The largest absolute Gasteiger partial charge is 0.451 e. The number of fused-ring (bicyclic) bond motifs is 2. The fraction of sp³-hybridized carbons (Fsp3) is 0.500. The molecule has 1 N–H and O–H groups in total. The van der Waals surface area contributed by atoms with Crippen LogP contribution in [0, 0.1) is 11.8 Å². The number of furan rings is 1. The molecule has 3 heterocycles. The molecule has 0 radical (unpaired) electrons. The van der Waals surface area contributed by atoms with Crippen LogP contribution in [0.1, 0.15) is 44.2 Å². The second-order valence-corrected chi connectivity index (χ2v) is 8.46. The van der Waals surface area contributed by atoms with Crippen molar-refractivity contribution in [2.75, 3.05) is 13.2 Å². The Kier molecular flexibility index (Phi) is 6.98. The highest BCUT2D eigenvalue weighted by atomic mass is 16.5. The number of amides is 2. The number of para-hydroxylation sites is 1. The van der Waals surface area contributed by atoms with E-state index in [1.165, 1.54) is 0 Å². The smallest absolute Gasteiger partial charge is 0.287 e. The van der Waals surface area contributed by atoms with Crippen LogP contribution in [0.25, 0.3) is 11.0 Å². The van der Waals surface area contributed by atoms with Gasteiger partial charge in [-0.25, -0.2) is 0 Å². The molecule has 2 fully saturated rings. The van der Waals surface area contributed by atoms with Crippen molar-refractivity contribution in [1.82, 2.24) is 10.2 Å². The monoisotopic (exact) mass is 412 g/mol. The summed E-state index contributed by atoms with van der Waals surface area (Å²) in [5.41, 5.74) is 0.665. The van der Waals surface area contributed by atoms with Gasteiger partial charge in [0, 0.05) is 24.5 Å². The van der Waals surface area contributed by atoms with Crippen LogP contribution in [-0.2, 0) is 9.53 Å². The number of hydrogen-bond acceptors (Lipinski definition) is 4. The first-order valence-corrected chi connectivity index (χ1v) is 10.7. The fourth-order valence-corrected chi connectivity index (χ4v) is 4.50. The van der Waals surface area contributed by atoms with Crippen LogP contribution in [0.15, 0.2) is 47.9 Å². The number of carbonyl (C=O) groups excluding carboxylic acids is 2. The second kappa shape index (κ2) is 9.47. The van der Waals surface area contributed by atoms with Crippen LogP contribution in [0.4, 0.5) is 0 Å². The molecule has 162 valence electrons. The van der Waals surface area contributed by atoms with Crippen LogP contribution >= 0.6 is 0 Å². The zero-order valence-corrected chi connectivity index (χ0v) is 18.1. The molecule has 2 aromatic rings. The van der Waals surface area contributed by atoms with Crippen LogP contribution in [0.5, 0.6) is 0 Å². The summed E-state index contributed by atoms with van der Waals surface area (Å²) in [7, 11) is 0. The molecule has 30 heavy (non-hydrogen) atoms. The summed E-state index contributed by atoms with van der Waals surface area (Å²) in [5.74, 6) is 0.479. The molecule has 4 rings (SSSR count). The summed E-state index contributed by atoms with van der Waals surface area (Å²) < 4.78 is 11.5. The number of nitrogens with zero attached hydrogens (tertiary/aromatic N) is 1. The molecule has 4 atom stereocenters.